The number of carboxylic acids is 1. The van der Waals surface area contributed by atoms with E-state index in [4.69, 9.17) is 5.11 Å². The third kappa shape index (κ3) is 4.96. The number of halogens is 1. The molecule has 2 atom stereocenters. The van der Waals surface area contributed by atoms with E-state index >= 15 is 0 Å². The molecule has 1 unspecified atom stereocenters. The van der Waals surface area contributed by atoms with Crippen LogP contribution in [0.1, 0.15) is 36.2 Å². The van der Waals surface area contributed by atoms with Crippen LogP contribution in [0.3, 0.4) is 0 Å². The van der Waals surface area contributed by atoms with Gasteiger partial charge in [0.25, 0.3) is 5.91 Å². The van der Waals surface area contributed by atoms with Crippen LogP contribution in [0.5, 0.6) is 0 Å². The fourth-order valence-electron chi connectivity index (χ4n) is 3.70. The van der Waals surface area contributed by atoms with Gasteiger partial charge in [-0.05, 0) is 31.4 Å². The molecule has 0 bridgehead atoms. The van der Waals surface area contributed by atoms with Gasteiger partial charge in [-0.2, -0.15) is 0 Å². The number of nitrogens with zero attached hydrogens (tertiary/aromatic N) is 1. The second-order valence-corrected chi connectivity index (χ2v) is 7.36. The van der Waals surface area contributed by atoms with Crippen LogP contribution >= 0.6 is 0 Å². The Morgan fingerprint density at radius 2 is 1.97 bits per heavy atom. The molecule has 1 aromatic carbocycles. The minimum Gasteiger partial charge on any atom is -0.481 e. The highest BCUT2D eigenvalue weighted by Crippen LogP contribution is 2.20. The molecule has 1 aliphatic heterocycles. The zero-order valence-corrected chi connectivity index (χ0v) is 16.6. The Balaban J connectivity index is 1.85. The number of likely N-dealkylation sites (tertiary alicyclic amines) is 1. The average molecular weight is 431 g/mol. The van der Waals surface area contributed by atoms with Gasteiger partial charge in [-0.1, -0.05) is 12.1 Å². The number of rotatable bonds is 7. The third-order valence-corrected chi connectivity index (χ3v) is 5.25. The number of aromatic amines is 1. The smallest absolute Gasteiger partial charge is 0.305 e. The molecular weight excluding hydrogens is 409 g/mol. The van der Waals surface area contributed by atoms with Gasteiger partial charge in [0.05, 0.1) is 6.42 Å². The molecule has 2 heterocycles. The first kappa shape index (κ1) is 22.1. The Kier molecular flexibility index (Phi) is 6.78. The van der Waals surface area contributed by atoms with E-state index in [2.05, 4.69) is 10.3 Å². The van der Waals surface area contributed by atoms with E-state index < -0.39 is 48.7 Å². The van der Waals surface area contributed by atoms with Gasteiger partial charge >= 0.3 is 5.97 Å². The summed E-state index contributed by atoms with van der Waals surface area (Å²) in [6.07, 6.45) is 0.804. The van der Waals surface area contributed by atoms with Gasteiger partial charge in [-0.25, -0.2) is 4.39 Å². The Labute approximate surface area is 176 Å². The monoisotopic (exact) mass is 431 g/mol. The number of H-pyrrole nitrogens is 1. The van der Waals surface area contributed by atoms with E-state index in [1.54, 1.807) is 24.3 Å². The van der Waals surface area contributed by atoms with Gasteiger partial charge in [-0.3, -0.25) is 24.0 Å². The van der Waals surface area contributed by atoms with Gasteiger partial charge in [-0.15, -0.1) is 0 Å². The molecule has 2 amide bonds. The van der Waals surface area contributed by atoms with Crippen LogP contribution in [0.15, 0.2) is 35.1 Å². The van der Waals surface area contributed by atoms with Crippen molar-refractivity contribution in [1.29, 1.82) is 0 Å². The lowest BCUT2D eigenvalue weighted by atomic mass is 9.99. The van der Waals surface area contributed by atoms with E-state index in [1.807, 2.05) is 0 Å². The summed E-state index contributed by atoms with van der Waals surface area (Å²) in [6, 6.07) is 5.39. The maximum atomic E-state index is 13.1. The largest absolute Gasteiger partial charge is 0.481 e. The Bertz CT molecular complexity index is 1080. The van der Waals surface area contributed by atoms with E-state index in [0.717, 1.165) is 0 Å². The van der Waals surface area contributed by atoms with Crippen LogP contribution < -0.4 is 10.7 Å². The summed E-state index contributed by atoms with van der Waals surface area (Å²) in [6.45, 7) is -1.17. The molecule has 3 N–H and O–H groups in total. The number of fused-ring (bicyclic) bond motifs is 1. The van der Waals surface area contributed by atoms with Crippen molar-refractivity contribution >= 4 is 34.5 Å². The van der Waals surface area contributed by atoms with Crippen molar-refractivity contribution in [2.45, 2.75) is 37.8 Å². The van der Waals surface area contributed by atoms with Crippen molar-refractivity contribution in [3.63, 3.8) is 0 Å². The number of hydrogen-bond donors (Lipinski definition) is 3. The van der Waals surface area contributed by atoms with Crippen LogP contribution in [-0.4, -0.2) is 63.9 Å². The van der Waals surface area contributed by atoms with Gasteiger partial charge in [0.1, 0.15) is 24.5 Å². The molecule has 1 saturated heterocycles. The topological polar surface area (TPSA) is 137 Å². The summed E-state index contributed by atoms with van der Waals surface area (Å²) >= 11 is 0. The lowest BCUT2D eigenvalue weighted by Gasteiger charge is -2.35. The SMILES string of the molecule is O=C(O)CC(NC(=O)[C@@H]1CCCCN1C(=O)c1cc(=O)c2ccccc2[nH]1)C(=O)CF. The van der Waals surface area contributed by atoms with Gasteiger partial charge in [0.15, 0.2) is 11.2 Å². The molecule has 0 spiro atoms. The quantitative estimate of drug-likeness (QED) is 0.599. The fourth-order valence-corrected chi connectivity index (χ4v) is 3.70. The number of piperidine rings is 1. The van der Waals surface area contributed by atoms with Crippen LogP contribution in [0.4, 0.5) is 4.39 Å². The van der Waals surface area contributed by atoms with Crippen molar-refractivity contribution in [3.8, 4) is 0 Å². The van der Waals surface area contributed by atoms with E-state index in [0.29, 0.717) is 30.2 Å². The summed E-state index contributed by atoms with van der Waals surface area (Å²) in [5.41, 5.74) is 0.155. The van der Waals surface area contributed by atoms with E-state index in [1.165, 1.54) is 11.0 Å². The fraction of sp³-hybridized carbons (Fsp3) is 0.381. The predicted octanol–water partition coefficient (Wildman–Crippen LogP) is 1.02. The second-order valence-electron chi connectivity index (χ2n) is 7.36. The molecule has 1 aromatic heterocycles. The lowest BCUT2D eigenvalue weighted by molar-refractivity contribution is -0.140. The average Bonchev–Trinajstić information content (AvgIpc) is 2.77. The molecule has 1 aliphatic rings. The minimum absolute atomic E-state index is 0.0188. The number of amides is 2. The number of benzene rings is 1. The number of carbonyl (C=O) groups is 4. The third-order valence-electron chi connectivity index (χ3n) is 5.25. The molecule has 31 heavy (non-hydrogen) atoms. The maximum Gasteiger partial charge on any atom is 0.305 e. The Hall–Kier alpha value is -3.56. The summed E-state index contributed by atoms with van der Waals surface area (Å²) in [4.78, 5) is 65.1. The number of alkyl halides is 1. The number of carbonyl (C=O) groups excluding carboxylic acids is 3. The van der Waals surface area contributed by atoms with Crippen molar-refractivity contribution < 1.29 is 28.7 Å². The number of aliphatic carboxylic acids is 1. The van der Waals surface area contributed by atoms with Crippen LogP contribution in [0.2, 0.25) is 0 Å². The van der Waals surface area contributed by atoms with Crippen LogP contribution in [0, 0.1) is 0 Å². The van der Waals surface area contributed by atoms with Crippen molar-refractivity contribution in [1.82, 2.24) is 15.2 Å². The zero-order valence-electron chi connectivity index (χ0n) is 16.6. The highest BCUT2D eigenvalue weighted by molar-refractivity contribution is 5.99. The van der Waals surface area contributed by atoms with Crippen LogP contribution in [-0.2, 0) is 14.4 Å². The maximum absolute atomic E-state index is 13.1. The van der Waals surface area contributed by atoms with E-state index in [9.17, 15) is 28.4 Å². The number of carboxylic acid groups (broad SMARTS) is 1. The van der Waals surface area contributed by atoms with Crippen molar-refractivity contribution in [2.75, 3.05) is 13.2 Å². The zero-order chi connectivity index (χ0) is 22.5. The molecule has 0 radical (unpaired) electrons. The molecule has 1 fully saturated rings. The lowest BCUT2D eigenvalue weighted by Crippen LogP contribution is -2.55. The van der Waals surface area contributed by atoms with Crippen molar-refractivity contribution in [2.24, 2.45) is 0 Å². The number of ketones is 1. The number of para-hydroxylation sites is 1. The highest BCUT2D eigenvalue weighted by atomic mass is 19.1. The number of hydrogen-bond acceptors (Lipinski definition) is 5. The number of nitrogens with one attached hydrogen (secondary N) is 2. The molecule has 9 nitrogen and oxygen atoms in total. The number of Topliss-reactive ketones (excluding diaryl/α,β-unsaturated/α-hetero) is 1. The minimum atomic E-state index is -1.52. The van der Waals surface area contributed by atoms with Crippen LogP contribution in [0.25, 0.3) is 10.9 Å². The molecule has 0 saturated carbocycles. The summed E-state index contributed by atoms with van der Waals surface area (Å²) in [7, 11) is 0. The highest BCUT2D eigenvalue weighted by Gasteiger charge is 2.35. The second kappa shape index (κ2) is 9.50. The number of pyridine rings is 1. The Morgan fingerprint density at radius 3 is 2.68 bits per heavy atom. The number of aromatic nitrogens is 1. The molecular formula is C21H22FN3O6. The van der Waals surface area contributed by atoms with Gasteiger partial charge < -0.3 is 20.3 Å². The molecule has 164 valence electrons. The van der Waals surface area contributed by atoms with Gasteiger partial charge in [0, 0.05) is 23.5 Å². The Morgan fingerprint density at radius 1 is 1.23 bits per heavy atom. The standard InChI is InChI=1S/C21H22FN3O6/c22-11-18(27)14(10-19(28)29)24-20(30)16-7-3-4-8-25(16)21(31)15-9-17(26)12-5-1-2-6-13(12)23-15/h1-2,5-6,9,14,16H,3-4,7-8,10-11H2,(H,23,26)(H,24,30)(H,28,29)/t14?,16-/m0/s1. The predicted molar refractivity (Wildman–Crippen MR) is 108 cm³/mol. The normalized spacial score (nSPS) is 17.2. The summed E-state index contributed by atoms with van der Waals surface area (Å²) in [5.74, 6) is -3.71. The molecule has 0 aliphatic carbocycles. The van der Waals surface area contributed by atoms with Crippen molar-refractivity contribution in [3.05, 3.63) is 46.2 Å². The van der Waals surface area contributed by atoms with E-state index in [-0.39, 0.29) is 17.7 Å². The molecule has 2 aromatic rings. The molecule has 10 heteroatoms. The summed E-state index contributed by atoms with van der Waals surface area (Å²) < 4.78 is 12.8. The molecule has 3 rings (SSSR count). The first-order valence-corrected chi connectivity index (χ1v) is 9.85. The summed E-state index contributed by atoms with van der Waals surface area (Å²) in [5, 5.41) is 11.6. The first-order valence-electron chi connectivity index (χ1n) is 9.85. The van der Waals surface area contributed by atoms with Gasteiger partial charge in [0.2, 0.25) is 5.91 Å². The first-order chi connectivity index (χ1) is 14.8.